The third-order valence-corrected chi connectivity index (χ3v) is 6.59. The number of ether oxygens (including phenoxy) is 1. The number of nitrogens with zero attached hydrogens (tertiary/aromatic N) is 3. The second kappa shape index (κ2) is 10.2. The molecule has 0 bridgehead atoms. The van der Waals surface area contributed by atoms with Crippen molar-refractivity contribution in [2.75, 3.05) is 43.1 Å². The van der Waals surface area contributed by atoms with E-state index >= 15 is 0 Å². The minimum atomic E-state index is -3.29. The van der Waals surface area contributed by atoms with Gasteiger partial charge in [0.2, 0.25) is 5.95 Å². The van der Waals surface area contributed by atoms with Gasteiger partial charge in [-0.05, 0) is 75.3 Å². The molecule has 2 aromatic carbocycles. The summed E-state index contributed by atoms with van der Waals surface area (Å²) in [6.45, 7) is 5.87. The molecule has 0 amide bonds. The lowest BCUT2D eigenvalue weighted by Crippen LogP contribution is -2.25. The van der Waals surface area contributed by atoms with Crippen LogP contribution in [-0.4, -0.2) is 55.8 Å². The number of rotatable bonds is 9. The van der Waals surface area contributed by atoms with Crippen LogP contribution in [0.4, 0.5) is 23.1 Å². The average molecular weight is 468 g/mol. The SMILES string of the molecule is Cc1cnc(Nc2ccc(OCCN3CCCC3)cc2)nc1Nc1cccc(S(C)(=O)=O)c1. The first kappa shape index (κ1) is 23.0. The largest absolute Gasteiger partial charge is 0.492 e. The van der Waals surface area contributed by atoms with Crippen molar-refractivity contribution in [3.8, 4) is 5.75 Å². The van der Waals surface area contributed by atoms with E-state index in [4.69, 9.17) is 4.74 Å². The van der Waals surface area contributed by atoms with E-state index in [1.807, 2.05) is 31.2 Å². The van der Waals surface area contributed by atoms with Gasteiger partial charge < -0.3 is 15.4 Å². The lowest BCUT2D eigenvalue weighted by Gasteiger charge is -2.15. The van der Waals surface area contributed by atoms with Gasteiger partial charge in [0.25, 0.3) is 0 Å². The molecule has 1 aliphatic heterocycles. The first-order valence-corrected chi connectivity index (χ1v) is 12.9. The number of sulfone groups is 1. The van der Waals surface area contributed by atoms with E-state index in [2.05, 4.69) is 25.5 Å². The topological polar surface area (TPSA) is 96.5 Å². The fraction of sp³-hybridized carbons (Fsp3) is 0.333. The number of benzene rings is 2. The minimum Gasteiger partial charge on any atom is -0.492 e. The van der Waals surface area contributed by atoms with Crippen molar-refractivity contribution in [3.05, 3.63) is 60.3 Å². The fourth-order valence-electron chi connectivity index (χ4n) is 3.63. The molecule has 4 rings (SSSR count). The van der Waals surface area contributed by atoms with Crippen LogP contribution in [0.5, 0.6) is 5.75 Å². The molecule has 1 aromatic heterocycles. The summed E-state index contributed by atoms with van der Waals surface area (Å²) in [6, 6.07) is 14.4. The molecule has 0 unspecified atom stereocenters. The van der Waals surface area contributed by atoms with Crippen molar-refractivity contribution in [1.82, 2.24) is 14.9 Å². The van der Waals surface area contributed by atoms with Crippen molar-refractivity contribution < 1.29 is 13.2 Å². The summed E-state index contributed by atoms with van der Waals surface area (Å²) < 4.78 is 29.5. The first-order chi connectivity index (χ1) is 15.9. The Bertz CT molecular complexity index is 1190. The zero-order valence-corrected chi connectivity index (χ0v) is 19.7. The molecule has 0 radical (unpaired) electrons. The molecule has 9 heteroatoms. The van der Waals surface area contributed by atoms with Gasteiger partial charge in [0.05, 0.1) is 4.90 Å². The van der Waals surface area contributed by atoms with Crippen LogP contribution in [0, 0.1) is 6.92 Å². The maximum atomic E-state index is 11.8. The van der Waals surface area contributed by atoms with Crippen LogP contribution in [-0.2, 0) is 9.84 Å². The number of aryl methyl sites for hydroxylation is 1. The van der Waals surface area contributed by atoms with E-state index in [1.165, 1.54) is 32.2 Å². The standard InChI is InChI=1S/C24H29N5O3S/c1-18-17-25-24(28-23(18)26-20-6-5-7-22(16-20)33(2,30)31)27-19-8-10-21(11-9-19)32-15-14-29-12-3-4-13-29/h5-11,16-17H,3-4,12-15H2,1-2H3,(H2,25,26,27,28). The lowest BCUT2D eigenvalue weighted by atomic mass is 10.3. The maximum Gasteiger partial charge on any atom is 0.229 e. The molecule has 1 aliphatic rings. The van der Waals surface area contributed by atoms with E-state index in [-0.39, 0.29) is 4.90 Å². The van der Waals surface area contributed by atoms with Gasteiger partial charge in [0.15, 0.2) is 9.84 Å². The van der Waals surface area contributed by atoms with Crippen LogP contribution in [0.2, 0.25) is 0 Å². The van der Waals surface area contributed by atoms with Crippen molar-refractivity contribution >= 4 is 33.0 Å². The highest BCUT2D eigenvalue weighted by Gasteiger charge is 2.11. The fourth-order valence-corrected chi connectivity index (χ4v) is 4.30. The highest BCUT2D eigenvalue weighted by atomic mass is 32.2. The Balaban J connectivity index is 1.38. The van der Waals surface area contributed by atoms with Gasteiger partial charge in [-0.15, -0.1) is 0 Å². The van der Waals surface area contributed by atoms with Crippen LogP contribution < -0.4 is 15.4 Å². The third kappa shape index (κ3) is 6.43. The summed E-state index contributed by atoms with van der Waals surface area (Å²) in [4.78, 5) is 11.6. The minimum absolute atomic E-state index is 0.250. The molecule has 0 aliphatic carbocycles. The Labute approximate surface area is 194 Å². The van der Waals surface area contributed by atoms with E-state index in [0.717, 1.165) is 23.5 Å². The summed E-state index contributed by atoms with van der Waals surface area (Å²) in [6.07, 6.45) is 5.47. The Morgan fingerprint density at radius 2 is 1.79 bits per heavy atom. The number of hydrogen-bond acceptors (Lipinski definition) is 8. The number of hydrogen-bond donors (Lipinski definition) is 2. The molecule has 3 aromatic rings. The molecule has 0 saturated carbocycles. The lowest BCUT2D eigenvalue weighted by molar-refractivity contribution is 0.238. The summed E-state index contributed by atoms with van der Waals surface area (Å²) in [5.41, 5.74) is 2.32. The van der Waals surface area contributed by atoms with Gasteiger partial charge in [0.1, 0.15) is 18.2 Å². The predicted octanol–water partition coefficient (Wildman–Crippen LogP) is 4.15. The van der Waals surface area contributed by atoms with Crippen LogP contribution in [0.25, 0.3) is 0 Å². The molecule has 2 heterocycles. The van der Waals surface area contributed by atoms with Crippen molar-refractivity contribution in [2.24, 2.45) is 0 Å². The predicted molar refractivity (Wildman–Crippen MR) is 130 cm³/mol. The van der Waals surface area contributed by atoms with E-state index in [0.29, 0.717) is 24.1 Å². The maximum absolute atomic E-state index is 11.8. The molecular formula is C24H29N5O3S. The number of nitrogens with one attached hydrogen (secondary N) is 2. The number of aromatic nitrogens is 2. The Morgan fingerprint density at radius 1 is 1.03 bits per heavy atom. The van der Waals surface area contributed by atoms with Gasteiger partial charge in [-0.2, -0.15) is 4.98 Å². The van der Waals surface area contributed by atoms with Crippen molar-refractivity contribution in [2.45, 2.75) is 24.7 Å². The molecule has 1 saturated heterocycles. The first-order valence-electron chi connectivity index (χ1n) is 11.0. The normalized spacial score (nSPS) is 14.2. The molecule has 8 nitrogen and oxygen atoms in total. The highest BCUT2D eigenvalue weighted by Crippen LogP contribution is 2.24. The van der Waals surface area contributed by atoms with Crippen LogP contribution in [0.15, 0.2) is 59.6 Å². The molecule has 2 N–H and O–H groups in total. The number of likely N-dealkylation sites (tertiary alicyclic amines) is 1. The van der Waals surface area contributed by atoms with E-state index < -0.39 is 9.84 Å². The molecule has 0 atom stereocenters. The van der Waals surface area contributed by atoms with Crippen molar-refractivity contribution in [1.29, 1.82) is 0 Å². The summed E-state index contributed by atoms with van der Waals surface area (Å²) in [5.74, 6) is 1.86. The molecular weight excluding hydrogens is 438 g/mol. The second-order valence-corrected chi connectivity index (χ2v) is 10.2. The molecule has 33 heavy (non-hydrogen) atoms. The van der Waals surface area contributed by atoms with Crippen LogP contribution in [0.1, 0.15) is 18.4 Å². The van der Waals surface area contributed by atoms with Gasteiger partial charge >= 0.3 is 0 Å². The van der Waals surface area contributed by atoms with Crippen molar-refractivity contribution in [3.63, 3.8) is 0 Å². The highest BCUT2D eigenvalue weighted by molar-refractivity contribution is 7.90. The average Bonchev–Trinajstić information content (AvgIpc) is 3.30. The Kier molecular flexibility index (Phi) is 7.10. The summed E-state index contributed by atoms with van der Waals surface area (Å²) in [7, 11) is -3.29. The van der Waals surface area contributed by atoms with Gasteiger partial charge in [-0.3, -0.25) is 4.90 Å². The van der Waals surface area contributed by atoms with Gasteiger partial charge in [-0.1, -0.05) is 6.07 Å². The van der Waals surface area contributed by atoms with Gasteiger partial charge in [-0.25, -0.2) is 13.4 Å². The quantitative estimate of drug-likeness (QED) is 0.485. The smallest absolute Gasteiger partial charge is 0.229 e. The Morgan fingerprint density at radius 3 is 2.52 bits per heavy atom. The van der Waals surface area contributed by atoms with Gasteiger partial charge in [0, 0.05) is 35.9 Å². The third-order valence-electron chi connectivity index (χ3n) is 5.48. The molecule has 1 fully saturated rings. The molecule has 174 valence electrons. The van der Waals surface area contributed by atoms with Crippen LogP contribution in [0.3, 0.4) is 0 Å². The van der Waals surface area contributed by atoms with Crippen LogP contribution >= 0.6 is 0 Å². The zero-order valence-electron chi connectivity index (χ0n) is 18.9. The zero-order chi connectivity index (χ0) is 23.3. The van der Waals surface area contributed by atoms with E-state index in [9.17, 15) is 8.42 Å². The summed E-state index contributed by atoms with van der Waals surface area (Å²) >= 11 is 0. The monoisotopic (exact) mass is 467 g/mol. The number of anilines is 4. The molecule has 0 spiro atoms. The summed E-state index contributed by atoms with van der Waals surface area (Å²) in [5, 5.41) is 6.39. The second-order valence-electron chi connectivity index (χ2n) is 8.20. The Hall–Kier alpha value is -3.17. The van der Waals surface area contributed by atoms with E-state index in [1.54, 1.807) is 30.5 Å².